The maximum absolute atomic E-state index is 12.5. The molecule has 0 radical (unpaired) electrons. The zero-order chi connectivity index (χ0) is 13.7. The largest absolute Gasteiger partial charge is 0.487 e. The number of amides is 1. The molecular weight excluding hydrogens is 260 g/mol. The molecule has 4 nitrogen and oxygen atoms in total. The highest BCUT2D eigenvalue weighted by atomic mass is 32.2. The van der Waals surface area contributed by atoms with Gasteiger partial charge < -0.3 is 10.1 Å². The van der Waals surface area contributed by atoms with Crippen molar-refractivity contribution >= 4 is 22.8 Å². The zero-order valence-corrected chi connectivity index (χ0v) is 12.0. The lowest BCUT2D eigenvalue weighted by Gasteiger charge is -2.40. The number of benzene rings is 1. The van der Waals surface area contributed by atoms with Gasteiger partial charge in [0.1, 0.15) is 11.4 Å². The second-order valence-electron chi connectivity index (χ2n) is 5.47. The molecule has 19 heavy (non-hydrogen) atoms. The van der Waals surface area contributed by atoms with Crippen molar-refractivity contribution in [2.45, 2.75) is 31.4 Å². The molecule has 1 N–H and O–H groups in total. The average molecular weight is 276 g/mol. The Morgan fingerprint density at radius 3 is 2.79 bits per heavy atom. The SMILES string of the molecule is CSC1=NC2(CC(C)(C)Oc3ccccc32)C(=O)N1. The molecule has 3 rings (SSSR count). The first-order valence-electron chi connectivity index (χ1n) is 6.21. The Hall–Kier alpha value is -1.49. The summed E-state index contributed by atoms with van der Waals surface area (Å²) in [6.45, 7) is 3.98. The van der Waals surface area contributed by atoms with E-state index in [9.17, 15) is 4.79 Å². The molecule has 0 aliphatic carbocycles. The minimum atomic E-state index is -0.837. The van der Waals surface area contributed by atoms with Crippen LogP contribution in [0.4, 0.5) is 0 Å². The van der Waals surface area contributed by atoms with E-state index < -0.39 is 11.1 Å². The maximum Gasteiger partial charge on any atom is 0.258 e. The van der Waals surface area contributed by atoms with Crippen LogP contribution in [0.5, 0.6) is 5.75 Å². The fourth-order valence-corrected chi connectivity index (χ4v) is 3.24. The molecule has 1 aromatic carbocycles. The highest BCUT2D eigenvalue weighted by Gasteiger charge is 2.53. The van der Waals surface area contributed by atoms with Crippen LogP contribution >= 0.6 is 11.8 Å². The number of nitrogens with one attached hydrogen (secondary N) is 1. The number of fused-ring (bicyclic) bond motifs is 2. The number of nitrogens with zero attached hydrogens (tertiary/aromatic N) is 1. The minimum absolute atomic E-state index is 0.0549. The highest BCUT2D eigenvalue weighted by Crippen LogP contribution is 2.47. The van der Waals surface area contributed by atoms with Gasteiger partial charge in [0.25, 0.3) is 5.91 Å². The van der Waals surface area contributed by atoms with Gasteiger partial charge in [-0.3, -0.25) is 4.79 Å². The standard InChI is InChI=1S/C14H16N2O2S/c1-13(2)8-14(11(17)15-12(16-14)19-3)9-6-4-5-7-10(9)18-13/h4-7H,8H2,1-3H3,(H,15,16,17). The Labute approximate surface area is 116 Å². The summed E-state index contributed by atoms with van der Waals surface area (Å²) in [5, 5.41) is 3.54. The van der Waals surface area contributed by atoms with Crippen LogP contribution in [0.15, 0.2) is 29.3 Å². The number of ether oxygens (including phenoxy) is 1. The van der Waals surface area contributed by atoms with Gasteiger partial charge in [-0.05, 0) is 26.2 Å². The first kappa shape index (κ1) is 12.5. The number of thioether (sulfide) groups is 1. The van der Waals surface area contributed by atoms with Crippen LogP contribution in [0.2, 0.25) is 0 Å². The number of carbonyl (C=O) groups excluding carboxylic acids is 1. The van der Waals surface area contributed by atoms with Gasteiger partial charge in [0, 0.05) is 12.0 Å². The Bertz CT molecular complexity index is 583. The van der Waals surface area contributed by atoms with Crippen molar-refractivity contribution in [1.82, 2.24) is 5.32 Å². The molecule has 2 aliphatic heterocycles. The molecule has 2 aliphatic rings. The Morgan fingerprint density at radius 1 is 1.37 bits per heavy atom. The third-order valence-electron chi connectivity index (χ3n) is 3.48. The van der Waals surface area contributed by atoms with E-state index in [1.165, 1.54) is 11.8 Å². The molecule has 1 spiro atoms. The van der Waals surface area contributed by atoms with E-state index >= 15 is 0 Å². The van der Waals surface area contributed by atoms with Crippen molar-refractivity contribution in [2.24, 2.45) is 4.99 Å². The normalized spacial score (nSPS) is 27.5. The minimum Gasteiger partial charge on any atom is -0.487 e. The predicted molar refractivity (Wildman–Crippen MR) is 76.5 cm³/mol. The van der Waals surface area contributed by atoms with E-state index in [1.54, 1.807) is 0 Å². The van der Waals surface area contributed by atoms with Gasteiger partial charge in [-0.1, -0.05) is 30.0 Å². The summed E-state index contributed by atoms with van der Waals surface area (Å²) < 4.78 is 5.97. The van der Waals surface area contributed by atoms with Crippen molar-refractivity contribution in [2.75, 3.05) is 6.26 Å². The fraction of sp³-hybridized carbons (Fsp3) is 0.429. The molecule has 1 aromatic rings. The summed E-state index contributed by atoms with van der Waals surface area (Å²) >= 11 is 1.46. The number of amidine groups is 1. The highest BCUT2D eigenvalue weighted by molar-refractivity contribution is 8.13. The number of para-hydroxylation sites is 1. The quantitative estimate of drug-likeness (QED) is 0.791. The fourth-order valence-electron chi connectivity index (χ4n) is 2.79. The van der Waals surface area contributed by atoms with Crippen LogP contribution in [-0.2, 0) is 10.3 Å². The molecule has 1 amide bonds. The topological polar surface area (TPSA) is 50.7 Å². The van der Waals surface area contributed by atoms with E-state index in [4.69, 9.17) is 4.74 Å². The molecule has 0 saturated carbocycles. The van der Waals surface area contributed by atoms with Gasteiger partial charge in [0.05, 0.1) is 0 Å². The first-order valence-corrected chi connectivity index (χ1v) is 7.43. The molecule has 1 atom stereocenters. The van der Waals surface area contributed by atoms with Crippen molar-refractivity contribution in [3.63, 3.8) is 0 Å². The van der Waals surface area contributed by atoms with Crippen LogP contribution < -0.4 is 10.1 Å². The lowest BCUT2D eigenvalue weighted by Crippen LogP contribution is -2.48. The Morgan fingerprint density at radius 2 is 2.11 bits per heavy atom. The van der Waals surface area contributed by atoms with Crippen LogP contribution in [0.25, 0.3) is 0 Å². The van der Waals surface area contributed by atoms with Crippen LogP contribution in [0.3, 0.4) is 0 Å². The molecule has 5 heteroatoms. The summed E-state index contributed by atoms with van der Waals surface area (Å²) in [7, 11) is 0. The van der Waals surface area contributed by atoms with E-state index in [2.05, 4.69) is 10.3 Å². The molecule has 0 bridgehead atoms. The number of hydrogen-bond acceptors (Lipinski definition) is 4. The van der Waals surface area contributed by atoms with Gasteiger partial charge in [-0.2, -0.15) is 0 Å². The molecule has 0 fully saturated rings. The lowest BCUT2D eigenvalue weighted by atomic mass is 9.78. The third-order valence-corrected chi connectivity index (χ3v) is 4.06. The molecule has 0 saturated heterocycles. The summed E-state index contributed by atoms with van der Waals surface area (Å²) in [5.74, 6) is 0.695. The van der Waals surface area contributed by atoms with E-state index in [-0.39, 0.29) is 5.91 Å². The molecule has 0 aromatic heterocycles. The van der Waals surface area contributed by atoms with Crippen molar-refractivity contribution in [3.8, 4) is 5.75 Å². The van der Waals surface area contributed by atoms with Crippen molar-refractivity contribution < 1.29 is 9.53 Å². The molecular formula is C14H16N2O2S. The van der Waals surface area contributed by atoms with E-state index in [0.29, 0.717) is 11.6 Å². The van der Waals surface area contributed by atoms with Crippen molar-refractivity contribution in [1.29, 1.82) is 0 Å². The van der Waals surface area contributed by atoms with Crippen LogP contribution in [0.1, 0.15) is 25.8 Å². The van der Waals surface area contributed by atoms with Gasteiger partial charge >= 0.3 is 0 Å². The van der Waals surface area contributed by atoms with Crippen LogP contribution in [-0.4, -0.2) is 22.9 Å². The van der Waals surface area contributed by atoms with E-state index in [0.717, 1.165) is 11.3 Å². The summed E-state index contributed by atoms with van der Waals surface area (Å²) in [6.07, 6.45) is 2.46. The smallest absolute Gasteiger partial charge is 0.258 e. The summed E-state index contributed by atoms with van der Waals surface area (Å²) in [4.78, 5) is 17.1. The second-order valence-corrected chi connectivity index (χ2v) is 6.27. The van der Waals surface area contributed by atoms with Gasteiger partial charge in [-0.25, -0.2) is 4.99 Å². The number of carbonyl (C=O) groups is 1. The van der Waals surface area contributed by atoms with Gasteiger partial charge in [0.2, 0.25) is 0 Å². The Balaban J connectivity index is 2.21. The van der Waals surface area contributed by atoms with Gasteiger partial charge in [0.15, 0.2) is 10.7 Å². The monoisotopic (exact) mass is 276 g/mol. The average Bonchev–Trinajstić information content (AvgIpc) is 2.65. The van der Waals surface area contributed by atoms with Crippen LogP contribution in [0, 0.1) is 0 Å². The number of hydrogen-bond donors (Lipinski definition) is 1. The van der Waals surface area contributed by atoms with E-state index in [1.807, 2.05) is 44.4 Å². The second kappa shape index (κ2) is 4.00. The Kier molecular flexibility index (Phi) is 2.64. The number of aliphatic imine (C=N–C) groups is 1. The lowest BCUT2D eigenvalue weighted by molar-refractivity contribution is -0.127. The molecule has 2 heterocycles. The van der Waals surface area contributed by atoms with Crippen molar-refractivity contribution in [3.05, 3.63) is 29.8 Å². The summed E-state index contributed by atoms with van der Waals surface area (Å²) in [5.41, 5.74) is -0.393. The zero-order valence-electron chi connectivity index (χ0n) is 11.2. The van der Waals surface area contributed by atoms with Gasteiger partial charge in [-0.15, -0.1) is 0 Å². The maximum atomic E-state index is 12.5. The summed E-state index contributed by atoms with van der Waals surface area (Å²) in [6, 6.07) is 7.66. The molecule has 100 valence electrons. The first-order chi connectivity index (χ1) is 8.97. The third kappa shape index (κ3) is 1.84. The number of rotatable bonds is 0. The molecule has 1 unspecified atom stereocenters. The predicted octanol–water partition coefficient (Wildman–Crippen LogP) is 2.29.